The fourth-order valence-corrected chi connectivity index (χ4v) is 3.34. The molecule has 1 aliphatic heterocycles. The van der Waals surface area contributed by atoms with Crippen molar-refractivity contribution in [3.63, 3.8) is 0 Å². The zero-order chi connectivity index (χ0) is 14.9. The Morgan fingerprint density at radius 2 is 2.41 bits per heavy atom. The van der Waals surface area contributed by atoms with Crippen LogP contribution in [0.25, 0.3) is 11.3 Å². The van der Waals surface area contributed by atoms with Gasteiger partial charge in [0.15, 0.2) is 0 Å². The zero-order valence-electron chi connectivity index (χ0n) is 12.2. The van der Waals surface area contributed by atoms with E-state index in [-0.39, 0.29) is 12.0 Å². The summed E-state index contributed by atoms with van der Waals surface area (Å²) in [7, 11) is 0. The first-order chi connectivity index (χ1) is 10.8. The molecule has 7 heteroatoms. The summed E-state index contributed by atoms with van der Waals surface area (Å²) in [5.41, 5.74) is 3.00. The van der Waals surface area contributed by atoms with Crippen LogP contribution in [-0.2, 0) is 22.7 Å². The number of amides is 1. The Morgan fingerprint density at radius 3 is 3.18 bits per heavy atom. The standard InChI is InChI=1S/C15H18N4O2S/c20-14(5-10-1-2-10)16-6-12-7-19-13(8-21-12)15(17-18-19)11-3-4-22-9-11/h3-4,9-10,12H,1-2,5-8H2,(H,16,20)/t12-/m0/s1. The number of hydrogen-bond donors (Lipinski definition) is 1. The minimum Gasteiger partial charge on any atom is -0.368 e. The molecule has 2 aromatic heterocycles. The SMILES string of the molecule is O=C(CC1CC1)NC[C@H]1Cn2nnc(-c3ccsc3)c2CO1. The molecule has 3 heterocycles. The Hall–Kier alpha value is -1.73. The second kappa shape index (κ2) is 5.81. The Balaban J connectivity index is 1.36. The molecule has 4 rings (SSSR count). The first kappa shape index (κ1) is 13.9. The van der Waals surface area contributed by atoms with Gasteiger partial charge in [-0.05, 0) is 30.2 Å². The molecular formula is C15H18N4O2S. The maximum atomic E-state index is 11.7. The lowest BCUT2D eigenvalue weighted by Crippen LogP contribution is -2.39. The van der Waals surface area contributed by atoms with Crippen LogP contribution < -0.4 is 5.32 Å². The molecule has 2 aromatic rings. The lowest BCUT2D eigenvalue weighted by atomic mass is 10.2. The molecule has 2 aliphatic rings. The highest BCUT2D eigenvalue weighted by molar-refractivity contribution is 7.08. The molecule has 0 unspecified atom stereocenters. The third-order valence-corrected chi connectivity index (χ3v) is 4.85. The zero-order valence-corrected chi connectivity index (χ0v) is 13.0. The second-order valence-electron chi connectivity index (χ2n) is 5.96. The Labute approximate surface area is 132 Å². The van der Waals surface area contributed by atoms with Crippen LogP contribution in [0.5, 0.6) is 0 Å². The van der Waals surface area contributed by atoms with Gasteiger partial charge in [-0.1, -0.05) is 5.21 Å². The third kappa shape index (κ3) is 2.91. The average molecular weight is 318 g/mol. The highest BCUT2D eigenvalue weighted by atomic mass is 32.1. The fourth-order valence-electron chi connectivity index (χ4n) is 2.70. The Bertz CT molecular complexity index is 663. The average Bonchev–Trinajstić information content (AvgIpc) is 3.03. The minimum atomic E-state index is -0.0346. The van der Waals surface area contributed by atoms with Gasteiger partial charge in [0.2, 0.25) is 5.91 Å². The largest absolute Gasteiger partial charge is 0.368 e. The molecule has 116 valence electrons. The number of carbonyl (C=O) groups is 1. The normalized spacial score (nSPS) is 20.6. The van der Waals surface area contributed by atoms with Gasteiger partial charge in [-0.2, -0.15) is 11.3 Å². The number of nitrogens with zero attached hydrogens (tertiary/aromatic N) is 3. The molecule has 1 fully saturated rings. The number of fused-ring (bicyclic) bond motifs is 1. The van der Waals surface area contributed by atoms with Gasteiger partial charge in [0.1, 0.15) is 5.69 Å². The molecular weight excluding hydrogens is 300 g/mol. The van der Waals surface area contributed by atoms with Gasteiger partial charge in [0, 0.05) is 23.9 Å². The van der Waals surface area contributed by atoms with E-state index in [2.05, 4.69) is 21.0 Å². The second-order valence-corrected chi connectivity index (χ2v) is 6.74. The van der Waals surface area contributed by atoms with Crippen molar-refractivity contribution in [3.8, 4) is 11.3 Å². The molecule has 0 saturated heterocycles. The minimum absolute atomic E-state index is 0.0346. The van der Waals surface area contributed by atoms with Gasteiger partial charge in [-0.25, -0.2) is 4.68 Å². The molecule has 1 N–H and O–H groups in total. The Kier molecular flexibility index (Phi) is 3.67. The lowest BCUT2D eigenvalue weighted by molar-refractivity contribution is -0.122. The van der Waals surface area contributed by atoms with Crippen LogP contribution in [0.3, 0.4) is 0 Å². The quantitative estimate of drug-likeness (QED) is 0.913. The summed E-state index contributed by atoms with van der Waals surface area (Å²) < 4.78 is 7.76. The van der Waals surface area contributed by atoms with Crippen LogP contribution in [0, 0.1) is 5.92 Å². The van der Waals surface area contributed by atoms with Crippen molar-refractivity contribution in [2.75, 3.05) is 6.54 Å². The highest BCUT2D eigenvalue weighted by Gasteiger charge is 2.27. The summed E-state index contributed by atoms with van der Waals surface area (Å²) in [6.45, 7) is 1.66. The van der Waals surface area contributed by atoms with E-state index in [1.165, 1.54) is 12.8 Å². The smallest absolute Gasteiger partial charge is 0.220 e. The number of ether oxygens (including phenoxy) is 1. The number of hydrogen-bond acceptors (Lipinski definition) is 5. The summed E-state index contributed by atoms with van der Waals surface area (Å²) in [5.74, 6) is 0.747. The van der Waals surface area contributed by atoms with Crippen LogP contribution >= 0.6 is 11.3 Å². The molecule has 1 amide bonds. The van der Waals surface area contributed by atoms with E-state index in [9.17, 15) is 4.79 Å². The van der Waals surface area contributed by atoms with Crippen molar-refractivity contribution in [1.29, 1.82) is 0 Å². The Morgan fingerprint density at radius 1 is 1.50 bits per heavy atom. The van der Waals surface area contributed by atoms with E-state index in [0.717, 1.165) is 17.0 Å². The molecule has 1 aliphatic carbocycles. The van der Waals surface area contributed by atoms with Crippen LogP contribution in [0.15, 0.2) is 16.8 Å². The number of rotatable bonds is 5. The molecule has 0 aromatic carbocycles. The highest BCUT2D eigenvalue weighted by Crippen LogP contribution is 2.32. The molecule has 6 nitrogen and oxygen atoms in total. The van der Waals surface area contributed by atoms with E-state index in [1.807, 2.05) is 16.1 Å². The maximum absolute atomic E-state index is 11.7. The van der Waals surface area contributed by atoms with E-state index in [0.29, 0.717) is 32.0 Å². The monoisotopic (exact) mass is 318 g/mol. The maximum Gasteiger partial charge on any atom is 0.220 e. The van der Waals surface area contributed by atoms with Crippen molar-refractivity contribution in [1.82, 2.24) is 20.3 Å². The van der Waals surface area contributed by atoms with Gasteiger partial charge in [-0.15, -0.1) is 5.10 Å². The first-order valence-corrected chi connectivity index (χ1v) is 8.57. The number of carbonyl (C=O) groups excluding carboxylic acids is 1. The van der Waals surface area contributed by atoms with E-state index >= 15 is 0 Å². The molecule has 1 atom stereocenters. The van der Waals surface area contributed by atoms with E-state index in [4.69, 9.17) is 4.74 Å². The first-order valence-electron chi connectivity index (χ1n) is 7.63. The number of thiophene rings is 1. The summed E-state index contributed by atoms with van der Waals surface area (Å²) in [6, 6.07) is 2.04. The lowest BCUT2D eigenvalue weighted by Gasteiger charge is -2.24. The van der Waals surface area contributed by atoms with Crippen molar-refractivity contribution in [2.45, 2.75) is 38.5 Å². The third-order valence-electron chi connectivity index (χ3n) is 4.16. The van der Waals surface area contributed by atoms with Gasteiger partial charge in [0.05, 0.1) is 24.9 Å². The van der Waals surface area contributed by atoms with Gasteiger partial charge in [-0.3, -0.25) is 4.79 Å². The molecule has 22 heavy (non-hydrogen) atoms. The summed E-state index contributed by atoms with van der Waals surface area (Å²) in [4.78, 5) is 11.7. The van der Waals surface area contributed by atoms with E-state index < -0.39 is 0 Å². The van der Waals surface area contributed by atoms with Crippen molar-refractivity contribution < 1.29 is 9.53 Å². The topological polar surface area (TPSA) is 69.0 Å². The van der Waals surface area contributed by atoms with Crippen LogP contribution in [-0.4, -0.2) is 33.5 Å². The van der Waals surface area contributed by atoms with Crippen LogP contribution in [0.1, 0.15) is 25.0 Å². The van der Waals surface area contributed by atoms with Crippen LogP contribution in [0.2, 0.25) is 0 Å². The number of nitrogens with one attached hydrogen (secondary N) is 1. The summed E-state index contributed by atoms with van der Waals surface area (Å²) >= 11 is 1.64. The van der Waals surface area contributed by atoms with Gasteiger partial charge in [0.25, 0.3) is 0 Å². The molecule has 0 radical (unpaired) electrons. The molecule has 1 saturated carbocycles. The predicted molar refractivity (Wildman–Crippen MR) is 82.3 cm³/mol. The summed E-state index contributed by atoms with van der Waals surface area (Å²) in [5, 5.41) is 15.6. The molecule has 0 spiro atoms. The molecule has 0 bridgehead atoms. The summed E-state index contributed by atoms with van der Waals surface area (Å²) in [6.07, 6.45) is 3.01. The number of aromatic nitrogens is 3. The van der Waals surface area contributed by atoms with Crippen molar-refractivity contribution in [2.24, 2.45) is 5.92 Å². The predicted octanol–water partition coefficient (Wildman–Crippen LogP) is 1.82. The van der Waals surface area contributed by atoms with Gasteiger partial charge < -0.3 is 10.1 Å². The van der Waals surface area contributed by atoms with Crippen molar-refractivity contribution >= 4 is 17.2 Å². The fraction of sp³-hybridized carbons (Fsp3) is 0.533. The van der Waals surface area contributed by atoms with Crippen molar-refractivity contribution in [3.05, 3.63) is 22.5 Å². The van der Waals surface area contributed by atoms with Gasteiger partial charge >= 0.3 is 0 Å². The van der Waals surface area contributed by atoms with E-state index in [1.54, 1.807) is 11.3 Å². The van der Waals surface area contributed by atoms with Crippen LogP contribution in [0.4, 0.5) is 0 Å².